The molecule has 0 aromatic heterocycles. The SMILES string of the molecule is COc1ccc(C=Cc2ccc(C(=O)C#N)cc2)cc1. The lowest BCUT2D eigenvalue weighted by molar-refractivity contribution is 0.105. The molecule has 0 saturated carbocycles. The molecule has 0 atom stereocenters. The van der Waals surface area contributed by atoms with E-state index < -0.39 is 5.78 Å². The van der Waals surface area contributed by atoms with Gasteiger partial charge in [-0.3, -0.25) is 4.79 Å². The Hall–Kier alpha value is -2.86. The molecule has 0 amide bonds. The molecule has 20 heavy (non-hydrogen) atoms. The van der Waals surface area contributed by atoms with Crippen molar-refractivity contribution in [1.82, 2.24) is 0 Å². The Balaban J connectivity index is 2.11. The van der Waals surface area contributed by atoms with Crippen molar-refractivity contribution in [1.29, 1.82) is 5.26 Å². The van der Waals surface area contributed by atoms with E-state index in [1.165, 1.54) is 0 Å². The molecular weight excluding hydrogens is 250 g/mol. The molecule has 0 N–H and O–H groups in total. The van der Waals surface area contributed by atoms with Crippen LogP contribution in [0.1, 0.15) is 21.5 Å². The Bertz CT molecular complexity index is 662. The third kappa shape index (κ3) is 3.33. The van der Waals surface area contributed by atoms with E-state index in [1.807, 2.05) is 48.6 Å². The number of nitrogens with zero attached hydrogens (tertiary/aromatic N) is 1. The molecule has 3 nitrogen and oxygen atoms in total. The molecule has 2 aromatic carbocycles. The number of hydrogen-bond acceptors (Lipinski definition) is 3. The summed E-state index contributed by atoms with van der Waals surface area (Å²) in [7, 11) is 1.63. The lowest BCUT2D eigenvalue weighted by Gasteiger charge is -1.99. The van der Waals surface area contributed by atoms with E-state index >= 15 is 0 Å². The second-order valence-electron chi connectivity index (χ2n) is 4.17. The summed E-state index contributed by atoms with van der Waals surface area (Å²) in [5.41, 5.74) is 2.44. The maximum atomic E-state index is 11.2. The van der Waals surface area contributed by atoms with Gasteiger partial charge in [-0.1, -0.05) is 36.4 Å². The van der Waals surface area contributed by atoms with Crippen LogP contribution in [0.25, 0.3) is 12.2 Å². The summed E-state index contributed by atoms with van der Waals surface area (Å²) in [6, 6.07) is 16.2. The summed E-state index contributed by atoms with van der Waals surface area (Å²) in [5, 5.41) is 8.53. The van der Waals surface area contributed by atoms with Crippen LogP contribution in [0.5, 0.6) is 5.75 Å². The highest BCUT2D eigenvalue weighted by Crippen LogP contribution is 2.14. The lowest BCUT2D eigenvalue weighted by Crippen LogP contribution is -1.93. The Labute approximate surface area is 117 Å². The Morgan fingerprint density at radius 1 is 1.00 bits per heavy atom. The van der Waals surface area contributed by atoms with Gasteiger partial charge in [-0.05, 0) is 35.4 Å². The molecule has 0 saturated heterocycles. The number of rotatable bonds is 4. The van der Waals surface area contributed by atoms with E-state index in [0.717, 1.165) is 16.9 Å². The average molecular weight is 263 g/mol. The van der Waals surface area contributed by atoms with E-state index in [0.29, 0.717) is 5.56 Å². The van der Waals surface area contributed by atoms with Gasteiger partial charge in [0.25, 0.3) is 5.78 Å². The van der Waals surface area contributed by atoms with E-state index in [4.69, 9.17) is 10.00 Å². The van der Waals surface area contributed by atoms with Gasteiger partial charge < -0.3 is 4.74 Å². The summed E-state index contributed by atoms with van der Waals surface area (Å²) in [5.74, 6) is 0.303. The fraction of sp³-hybridized carbons (Fsp3) is 0.0588. The minimum Gasteiger partial charge on any atom is -0.497 e. The van der Waals surface area contributed by atoms with E-state index in [-0.39, 0.29) is 0 Å². The van der Waals surface area contributed by atoms with Gasteiger partial charge in [-0.2, -0.15) is 5.26 Å². The fourth-order valence-corrected chi connectivity index (χ4v) is 1.72. The Morgan fingerprint density at radius 3 is 1.95 bits per heavy atom. The normalized spacial score (nSPS) is 10.2. The van der Waals surface area contributed by atoms with Crippen molar-refractivity contribution < 1.29 is 9.53 Å². The predicted octanol–water partition coefficient (Wildman–Crippen LogP) is 3.57. The molecule has 0 unspecified atom stereocenters. The van der Waals surface area contributed by atoms with Crippen molar-refractivity contribution in [2.45, 2.75) is 0 Å². The largest absolute Gasteiger partial charge is 0.497 e. The van der Waals surface area contributed by atoms with Crippen LogP contribution in [0.2, 0.25) is 0 Å². The van der Waals surface area contributed by atoms with Gasteiger partial charge in [0.05, 0.1) is 7.11 Å². The number of methoxy groups -OCH3 is 1. The third-order valence-electron chi connectivity index (χ3n) is 2.86. The average Bonchev–Trinajstić information content (AvgIpc) is 2.53. The van der Waals surface area contributed by atoms with Crippen molar-refractivity contribution in [3.8, 4) is 11.8 Å². The zero-order valence-electron chi connectivity index (χ0n) is 11.0. The van der Waals surface area contributed by atoms with Crippen molar-refractivity contribution in [2.75, 3.05) is 7.11 Å². The number of carbonyl (C=O) groups is 1. The van der Waals surface area contributed by atoms with Crippen molar-refractivity contribution in [3.63, 3.8) is 0 Å². The minimum absolute atomic E-state index is 0.411. The topological polar surface area (TPSA) is 50.1 Å². The summed E-state index contributed by atoms with van der Waals surface area (Å²) in [4.78, 5) is 11.2. The van der Waals surface area contributed by atoms with Crippen LogP contribution in [0, 0.1) is 11.3 Å². The zero-order chi connectivity index (χ0) is 14.4. The second kappa shape index (κ2) is 6.35. The van der Waals surface area contributed by atoms with Gasteiger partial charge in [0.1, 0.15) is 11.8 Å². The van der Waals surface area contributed by atoms with E-state index in [9.17, 15) is 4.79 Å². The minimum atomic E-state index is -0.518. The van der Waals surface area contributed by atoms with Crippen LogP contribution in [-0.2, 0) is 0 Å². The van der Waals surface area contributed by atoms with Crippen molar-refractivity contribution in [2.24, 2.45) is 0 Å². The van der Waals surface area contributed by atoms with Crippen LogP contribution in [0.4, 0.5) is 0 Å². The molecule has 0 aliphatic carbocycles. The van der Waals surface area contributed by atoms with Gasteiger partial charge in [0.2, 0.25) is 0 Å². The maximum Gasteiger partial charge on any atom is 0.262 e. The first-order chi connectivity index (χ1) is 9.72. The summed E-state index contributed by atoms with van der Waals surface area (Å²) < 4.78 is 5.10. The van der Waals surface area contributed by atoms with Crippen molar-refractivity contribution >= 4 is 17.9 Å². The summed E-state index contributed by atoms with van der Waals surface area (Å²) in [6.45, 7) is 0. The first-order valence-corrected chi connectivity index (χ1v) is 6.09. The molecule has 0 fully saturated rings. The van der Waals surface area contributed by atoms with Crippen molar-refractivity contribution in [3.05, 3.63) is 65.2 Å². The predicted molar refractivity (Wildman–Crippen MR) is 78.3 cm³/mol. The number of carbonyl (C=O) groups excluding carboxylic acids is 1. The number of ketones is 1. The molecule has 2 rings (SSSR count). The first kappa shape index (κ1) is 13.6. The Morgan fingerprint density at radius 2 is 1.50 bits per heavy atom. The van der Waals surface area contributed by atoms with Crippen LogP contribution in [-0.4, -0.2) is 12.9 Å². The van der Waals surface area contributed by atoms with Gasteiger partial charge in [-0.15, -0.1) is 0 Å². The summed E-state index contributed by atoms with van der Waals surface area (Å²) >= 11 is 0. The highest BCUT2D eigenvalue weighted by Gasteiger charge is 2.02. The number of benzene rings is 2. The molecule has 0 spiro atoms. The van der Waals surface area contributed by atoms with E-state index in [1.54, 1.807) is 25.3 Å². The number of ether oxygens (including phenoxy) is 1. The maximum absolute atomic E-state index is 11.2. The van der Waals surface area contributed by atoms with Crippen LogP contribution in [0.3, 0.4) is 0 Å². The van der Waals surface area contributed by atoms with Crippen LogP contribution < -0.4 is 4.74 Å². The molecular formula is C17H13NO2. The van der Waals surface area contributed by atoms with Crippen LogP contribution in [0.15, 0.2) is 48.5 Å². The quantitative estimate of drug-likeness (QED) is 0.481. The molecule has 3 heteroatoms. The number of hydrogen-bond donors (Lipinski definition) is 0. The molecule has 0 radical (unpaired) electrons. The number of nitriles is 1. The van der Waals surface area contributed by atoms with Gasteiger partial charge in [0, 0.05) is 5.56 Å². The first-order valence-electron chi connectivity index (χ1n) is 6.09. The van der Waals surface area contributed by atoms with Gasteiger partial charge in [0.15, 0.2) is 0 Å². The van der Waals surface area contributed by atoms with Gasteiger partial charge in [-0.25, -0.2) is 0 Å². The van der Waals surface area contributed by atoms with Crippen LogP contribution >= 0.6 is 0 Å². The molecule has 0 heterocycles. The lowest BCUT2D eigenvalue weighted by atomic mass is 10.1. The molecule has 98 valence electrons. The smallest absolute Gasteiger partial charge is 0.262 e. The summed E-state index contributed by atoms with van der Waals surface area (Å²) in [6.07, 6.45) is 3.92. The highest BCUT2D eigenvalue weighted by molar-refractivity contribution is 6.07. The monoisotopic (exact) mass is 263 g/mol. The third-order valence-corrected chi connectivity index (χ3v) is 2.86. The molecule has 0 aliphatic heterocycles. The molecule has 0 aliphatic rings. The fourth-order valence-electron chi connectivity index (χ4n) is 1.72. The highest BCUT2D eigenvalue weighted by atomic mass is 16.5. The zero-order valence-corrected chi connectivity index (χ0v) is 11.0. The second-order valence-corrected chi connectivity index (χ2v) is 4.17. The standard InChI is InChI=1S/C17H13NO2/c1-20-16-10-6-14(7-11-16)3-2-13-4-8-15(9-5-13)17(19)12-18/h2-11H,1H3. The number of Topliss-reactive ketones (excluding diaryl/α,β-unsaturated/α-hetero) is 1. The van der Waals surface area contributed by atoms with E-state index in [2.05, 4.69) is 0 Å². The molecule has 2 aromatic rings. The van der Waals surface area contributed by atoms with Gasteiger partial charge >= 0.3 is 0 Å². The molecule has 0 bridgehead atoms. The Kier molecular flexibility index (Phi) is 4.31.